The van der Waals surface area contributed by atoms with E-state index in [0.717, 1.165) is 9.87 Å². The zero-order chi connectivity index (χ0) is 32.4. The number of methoxy groups -OCH3 is 1. The van der Waals surface area contributed by atoms with Gasteiger partial charge in [0.05, 0.1) is 17.7 Å². The minimum absolute atomic E-state index is 0.0577. The summed E-state index contributed by atoms with van der Waals surface area (Å²) in [5, 5.41) is 3.28. The van der Waals surface area contributed by atoms with Gasteiger partial charge < -0.3 is 15.0 Å². The molecule has 0 saturated carbocycles. The van der Waals surface area contributed by atoms with Crippen LogP contribution in [-0.4, -0.2) is 51.4 Å². The standard InChI is InChI=1S/C34H35ClFN3O5S/c1-3-21-37-34(41)32(22-25-7-5-4-6-8-25)38(23-26-9-13-28(36)14-10-26)33(40)24-39(29-15-11-27(35)12-16-29)45(42,43)31-19-17-30(44-2)18-20-31/h4-20,32H,3,21-24H2,1-2H3,(H,37,41)/t32-/m0/s1. The lowest BCUT2D eigenvalue weighted by atomic mass is 10.0. The van der Waals surface area contributed by atoms with Crippen molar-refractivity contribution in [1.82, 2.24) is 10.2 Å². The lowest BCUT2D eigenvalue weighted by Crippen LogP contribution is -2.53. The first kappa shape index (κ1) is 33.5. The summed E-state index contributed by atoms with van der Waals surface area (Å²) < 4.78 is 48.1. The molecule has 236 valence electrons. The molecule has 8 nitrogen and oxygen atoms in total. The number of halogens is 2. The van der Waals surface area contributed by atoms with Crippen molar-refractivity contribution in [3.63, 3.8) is 0 Å². The molecule has 2 amide bonds. The molecule has 0 radical (unpaired) electrons. The van der Waals surface area contributed by atoms with Crippen molar-refractivity contribution >= 4 is 39.1 Å². The van der Waals surface area contributed by atoms with Gasteiger partial charge in [0.1, 0.15) is 24.2 Å². The molecule has 0 aromatic heterocycles. The van der Waals surface area contributed by atoms with Crippen LogP contribution in [0.2, 0.25) is 5.02 Å². The first-order valence-corrected chi connectivity index (χ1v) is 16.2. The number of carbonyl (C=O) groups is 2. The van der Waals surface area contributed by atoms with Crippen molar-refractivity contribution in [3.05, 3.63) is 125 Å². The quantitative estimate of drug-likeness (QED) is 0.185. The number of carbonyl (C=O) groups excluding carboxylic acids is 2. The van der Waals surface area contributed by atoms with Gasteiger partial charge in [0, 0.05) is 24.5 Å². The molecule has 0 aliphatic rings. The zero-order valence-electron chi connectivity index (χ0n) is 25.0. The SMILES string of the molecule is CCCNC(=O)[C@H](Cc1ccccc1)N(Cc1ccc(F)cc1)C(=O)CN(c1ccc(Cl)cc1)S(=O)(=O)c1ccc(OC)cc1. The Morgan fingerprint density at radius 3 is 2.13 bits per heavy atom. The zero-order valence-corrected chi connectivity index (χ0v) is 26.6. The number of hydrogen-bond donors (Lipinski definition) is 1. The molecule has 4 rings (SSSR count). The fourth-order valence-electron chi connectivity index (χ4n) is 4.72. The fraction of sp³-hybridized carbons (Fsp3) is 0.235. The second kappa shape index (κ2) is 15.5. The van der Waals surface area contributed by atoms with E-state index in [1.165, 1.54) is 84.8 Å². The summed E-state index contributed by atoms with van der Waals surface area (Å²) in [6, 6.07) is 25.8. The third kappa shape index (κ3) is 8.83. The van der Waals surface area contributed by atoms with Gasteiger partial charge in [-0.2, -0.15) is 0 Å². The van der Waals surface area contributed by atoms with Crippen molar-refractivity contribution in [2.75, 3.05) is 24.5 Å². The molecule has 1 atom stereocenters. The van der Waals surface area contributed by atoms with Crippen molar-refractivity contribution in [2.45, 2.75) is 37.2 Å². The highest BCUT2D eigenvalue weighted by Crippen LogP contribution is 2.27. The first-order chi connectivity index (χ1) is 21.6. The number of anilines is 1. The largest absolute Gasteiger partial charge is 0.497 e. The Balaban J connectivity index is 1.78. The minimum Gasteiger partial charge on any atom is -0.497 e. The number of rotatable bonds is 14. The summed E-state index contributed by atoms with van der Waals surface area (Å²) in [5.41, 5.74) is 1.59. The normalized spacial score (nSPS) is 11.8. The van der Waals surface area contributed by atoms with E-state index in [1.54, 1.807) is 0 Å². The molecule has 0 saturated heterocycles. The van der Waals surface area contributed by atoms with Crippen LogP contribution in [0.3, 0.4) is 0 Å². The van der Waals surface area contributed by atoms with Gasteiger partial charge in [-0.3, -0.25) is 13.9 Å². The molecular weight excluding hydrogens is 617 g/mol. The first-order valence-electron chi connectivity index (χ1n) is 14.4. The maximum atomic E-state index is 14.4. The Kier molecular flexibility index (Phi) is 11.6. The highest BCUT2D eigenvalue weighted by Gasteiger charge is 2.34. The molecule has 0 heterocycles. The van der Waals surface area contributed by atoms with E-state index in [-0.39, 0.29) is 29.5 Å². The van der Waals surface area contributed by atoms with Gasteiger partial charge >= 0.3 is 0 Å². The van der Waals surface area contributed by atoms with Crippen molar-refractivity contribution in [3.8, 4) is 5.75 Å². The van der Waals surface area contributed by atoms with Gasteiger partial charge in [-0.15, -0.1) is 0 Å². The average molecular weight is 652 g/mol. The number of hydrogen-bond acceptors (Lipinski definition) is 5. The van der Waals surface area contributed by atoms with Gasteiger partial charge in [0.15, 0.2) is 0 Å². The minimum atomic E-state index is -4.28. The molecule has 4 aromatic rings. The molecule has 11 heteroatoms. The Morgan fingerprint density at radius 2 is 1.53 bits per heavy atom. The maximum Gasteiger partial charge on any atom is 0.264 e. The van der Waals surface area contributed by atoms with Crippen LogP contribution in [0, 0.1) is 5.82 Å². The molecule has 0 spiro atoms. The molecule has 0 fully saturated rings. The lowest BCUT2D eigenvalue weighted by molar-refractivity contribution is -0.140. The third-order valence-electron chi connectivity index (χ3n) is 7.13. The molecule has 45 heavy (non-hydrogen) atoms. The summed E-state index contributed by atoms with van der Waals surface area (Å²) in [5.74, 6) is -0.987. The van der Waals surface area contributed by atoms with Gasteiger partial charge in [-0.25, -0.2) is 12.8 Å². The molecule has 0 aliphatic heterocycles. The van der Waals surface area contributed by atoms with Crippen molar-refractivity contribution < 1.29 is 27.1 Å². The Bertz CT molecular complexity index is 1670. The monoisotopic (exact) mass is 651 g/mol. The van der Waals surface area contributed by atoms with E-state index in [2.05, 4.69) is 5.32 Å². The van der Waals surface area contributed by atoms with E-state index in [4.69, 9.17) is 16.3 Å². The number of nitrogens with one attached hydrogen (secondary N) is 1. The van der Waals surface area contributed by atoms with Crippen LogP contribution in [0.4, 0.5) is 10.1 Å². The smallest absolute Gasteiger partial charge is 0.264 e. The third-order valence-corrected chi connectivity index (χ3v) is 9.17. The molecule has 0 aliphatic carbocycles. The topological polar surface area (TPSA) is 96.0 Å². The Morgan fingerprint density at radius 1 is 0.889 bits per heavy atom. The van der Waals surface area contributed by atoms with Gasteiger partial charge in [0.2, 0.25) is 11.8 Å². The predicted molar refractivity (Wildman–Crippen MR) is 173 cm³/mol. The van der Waals surface area contributed by atoms with Gasteiger partial charge in [-0.05, 0) is 78.2 Å². The van der Waals surface area contributed by atoms with Crippen LogP contribution in [0.1, 0.15) is 24.5 Å². The molecule has 4 aromatic carbocycles. The van der Waals surface area contributed by atoms with Crippen LogP contribution in [0.5, 0.6) is 5.75 Å². The van der Waals surface area contributed by atoms with Gasteiger partial charge in [0.25, 0.3) is 10.0 Å². The fourth-order valence-corrected chi connectivity index (χ4v) is 6.26. The molecule has 0 unspecified atom stereocenters. The van der Waals surface area contributed by atoms with Crippen molar-refractivity contribution in [1.29, 1.82) is 0 Å². The van der Waals surface area contributed by atoms with E-state index in [1.807, 2.05) is 37.3 Å². The summed E-state index contributed by atoms with van der Waals surface area (Å²) in [7, 11) is -2.81. The van der Waals surface area contributed by atoms with E-state index in [0.29, 0.717) is 29.3 Å². The summed E-state index contributed by atoms with van der Waals surface area (Å²) in [4.78, 5) is 29.3. The van der Waals surface area contributed by atoms with Crippen LogP contribution in [0.25, 0.3) is 0 Å². The predicted octanol–water partition coefficient (Wildman–Crippen LogP) is 5.85. The van der Waals surface area contributed by atoms with E-state index >= 15 is 0 Å². The van der Waals surface area contributed by atoms with Crippen LogP contribution in [-0.2, 0) is 32.6 Å². The number of sulfonamides is 1. The Labute approximate surface area is 268 Å². The lowest BCUT2D eigenvalue weighted by Gasteiger charge is -2.34. The summed E-state index contributed by atoms with van der Waals surface area (Å²) in [6.07, 6.45) is 0.857. The van der Waals surface area contributed by atoms with E-state index in [9.17, 15) is 22.4 Å². The molecule has 0 bridgehead atoms. The average Bonchev–Trinajstić information content (AvgIpc) is 3.05. The van der Waals surface area contributed by atoms with Crippen LogP contribution >= 0.6 is 11.6 Å². The molecule has 1 N–H and O–H groups in total. The maximum absolute atomic E-state index is 14.4. The highest BCUT2D eigenvalue weighted by atomic mass is 35.5. The number of benzene rings is 4. The van der Waals surface area contributed by atoms with Crippen LogP contribution < -0.4 is 14.4 Å². The van der Waals surface area contributed by atoms with Gasteiger partial charge in [-0.1, -0.05) is 61.0 Å². The van der Waals surface area contributed by atoms with Crippen LogP contribution in [0.15, 0.2) is 108 Å². The molecular formula is C34H35ClFN3O5S. The number of nitrogens with zero attached hydrogens (tertiary/aromatic N) is 2. The second-order valence-corrected chi connectivity index (χ2v) is 12.6. The highest BCUT2D eigenvalue weighted by molar-refractivity contribution is 7.92. The second-order valence-electron chi connectivity index (χ2n) is 10.3. The summed E-state index contributed by atoms with van der Waals surface area (Å²) >= 11 is 6.11. The van der Waals surface area contributed by atoms with E-state index < -0.39 is 34.3 Å². The number of ether oxygens (including phenoxy) is 1. The van der Waals surface area contributed by atoms with Crippen molar-refractivity contribution in [2.24, 2.45) is 0 Å². The summed E-state index contributed by atoms with van der Waals surface area (Å²) in [6.45, 7) is 1.63. The number of amides is 2. The Hall–Kier alpha value is -4.41.